The molecule has 1 N–H and O–H groups in total. The number of nitrogens with one attached hydrogen (secondary N) is 1. The zero-order chi connectivity index (χ0) is 18.1. The third kappa shape index (κ3) is 4.28. The maximum Gasteiger partial charge on any atom is 0.416 e. The van der Waals surface area contributed by atoms with E-state index in [-0.39, 0.29) is 10.7 Å². The Bertz CT molecular complexity index is 898. The van der Waals surface area contributed by atoms with Crippen LogP contribution in [0.2, 0.25) is 5.02 Å². The van der Waals surface area contributed by atoms with Crippen molar-refractivity contribution in [2.45, 2.75) is 16.0 Å². The average Bonchev–Trinajstić information content (AvgIpc) is 2.46. The molecule has 0 fully saturated rings. The van der Waals surface area contributed by atoms with E-state index in [9.17, 15) is 25.8 Å². The van der Waals surface area contributed by atoms with Crippen molar-refractivity contribution in [2.24, 2.45) is 0 Å². The van der Waals surface area contributed by atoms with E-state index in [1.54, 1.807) is 0 Å². The summed E-state index contributed by atoms with van der Waals surface area (Å²) < 4.78 is 76.5. The van der Waals surface area contributed by atoms with Crippen molar-refractivity contribution in [3.05, 3.63) is 53.1 Å². The molecule has 0 amide bonds. The van der Waals surface area contributed by atoms with Crippen LogP contribution in [0.25, 0.3) is 0 Å². The standard InChI is InChI=1S/C14H11ClF3NO3S2/c1-23(20)11-4-2-3-10(8-11)19-24(21,22)13-7-9(14(16,17)18)5-6-12(13)15/h2-8,19H,1H3. The zero-order valence-corrected chi connectivity index (χ0v) is 14.5. The minimum atomic E-state index is -4.70. The van der Waals surface area contributed by atoms with Crippen LogP contribution in [0.4, 0.5) is 18.9 Å². The van der Waals surface area contributed by atoms with E-state index >= 15 is 0 Å². The molecule has 2 aromatic carbocycles. The number of halogens is 4. The number of alkyl halides is 3. The van der Waals surface area contributed by atoms with Crippen molar-refractivity contribution in [3.63, 3.8) is 0 Å². The summed E-state index contributed by atoms with van der Waals surface area (Å²) in [5, 5.41) is -0.342. The predicted octanol–water partition coefficient (Wildman–Crippen LogP) is 3.90. The van der Waals surface area contributed by atoms with E-state index in [2.05, 4.69) is 4.72 Å². The van der Waals surface area contributed by atoms with Crippen molar-refractivity contribution in [3.8, 4) is 0 Å². The average molecular weight is 398 g/mol. The lowest BCUT2D eigenvalue weighted by atomic mass is 10.2. The molecule has 4 nitrogen and oxygen atoms in total. The van der Waals surface area contributed by atoms with Gasteiger partial charge in [0.25, 0.3) is 10.0 Å². The van der Waals surface area contributed by atoms with Crippen molar-refractivity contribution >= 4 is 38.1 Å². The zero-order valence-electron chi connectivity index (χ0n) is 12.1. The maximum atomic E-state index is 12.8. The molecule has 0 spiro atoms. The molecule has 0 aliphatic heterocycles. The van der Waals surface area contributed by atoms with E-state index in [4.69, 9.17) is 11.6 Å². The molecule has 2 rings (SSSR count). The van der Waals surface area contributed by atoms with Crippen LogP contribution < -0.4 is 4.72 Å². The second-order valence-electron chi connectivity index (χ2n) is 4.73. The van der Waals surface area contributed by atoms with Gasteiger partial charge in [0.15, 0.2) is 0 Å². The monoisotopic (exact) mass is 397 g/mol. The molecule has 0 aromatic heterocycles. The Hall–Kier alpha value is -1.58. The first kappa shape index (κ1) is 18.8. The van der Waals surface area contributed by atoms with E-state index < -0.39 is 37.5 Å². The highest BCUT2D eigenvalue weighted by molar-refractivity contribution is 7.92. The van der Waals surface area contributed by atoms with Crippen molar-refractivity contribution in [2.75, 3.05) is 11.0 Å². The molecule has 0 radical (unpaired) electrons. The fourth-order valence-corrected chi connectivity index (χ4v) is 3.97. The minimum absolute atomic E-state index is 0.0659. The van der Waals surface area contributed by atoms with Gasteiger partial charge in [-0.15, -0.1) is 0 Å². The van der Waals surface area contributed by atoms with Gasteiger partial charge in [-0.25, -0.2) is 8.42 Å². The summed E-state index contributed by atoms with van der Waals surface area (Å²) in [6.45, 7) is 0. The first-order valence-electron chi connectivity index (χ1n) is 6.34. The van der Waals surface area contributed by atoms with Gasteiger partial charge in [0.1, 0.15) is 4.90 Å². The summed E-state index contributed by atoms with van der Waals surface area (Å²) in [6.07, 6.45) is -3.29. The molecule has 0 heterocycles. The largest absolute Gasteiger partial charge is 0.416 e. The maximum absolute atomic E-state index is 12.8. The highest BCUT2D eigenvalue weighted by Crippen LogP contribution is 2.34. The highest BCUT2D eigenvalue weighted by atomic mass is 35.5. The predicted molar refractivity (Wildman–Crippen MR) is 86.0 cm³/mol. The van der Waals surface area contributed by atoms with Gasteiger partial charge in [0.05, 0.1) is 16.3 Å². The molecule has 24 heavy (non-hydrogen) atoms. The van der Waals surface area contributed by atoms with Gasteiger partial charge in [0.2, 0.25) is 0 Å². The minimum Gasteiger partial charge on any atom is -0.280 e. The molecule has 0 saturated heterocycles. The van der Waals surface area contributed by atoms with E-state index in [1.807, 2.05) is 0 Å². The third-order valence-corrected chi connectivity index (χ3v) is 5.75. The lowest BCUT2D eigenvalue weighted by Crippen LogP contribution is -2.15. The van der Waals surface area contributed by atoms with E-state index in [0.29, 0.717) is 17.0 Å². The topological polar surface area (TPSA) is 63.2 Å². The Balaban J connectivity index is 2.44. The van der Waals surface area contributed by atoms with Gasteiger partial charge in [-0.1, -0.05) is 17.7 Å². The molecular formula is C14H11ClF3NO3S2. The Morgan fingerprint density at radius 1 is 1.12 bits per heavy atom. The van der Waals surface area contributed by atoms with Crippen molar-refractivity contribution < 1.29 is 25.8 Å². The second kappa shape index (κ2) is 6.73. The number of benzene rings is 2. The van der Waals surface area contributed by atoms with Crippen molar-refractivity contribution in [1.82, 2.24) is 0 Å². The quantitative estimate of drug-likeness (QED) is 0.851. The summed E-state index contributed by atoms with van der Waals surface area (Å²) in [6, 6.07) is 7.75. The Morgan fingerprint density at radius 3 is 2.38 bits per heavy atom. The van der Waals surface area contributed by atoms with Gasteiger partial charge >= 0.3 is 6.18 Å². The molecule has 1 atom stereocenters. The summed E-state index contributed by atoms with van der Waals surface area (Å²) in [5.74, 6) is 0. The number of hydrogen-bond acceptors (Lipinski definition) is 3. The molecular weight excluding hydrogens is 387 g/mol. The molecule has 10 heteroatoms. The normalized spacial score (nSPS) is 13.5. The molecule has 1 unspecified atom stereocenters. The summed E-state index contributed by atoms with van der Waals surface area (Å²) >= 11 is 5.74. The highest BCUT2D eigenvalue weighted by Gasteiger charge is 2.32. The van der Waals surface area contributed by atoms with Crippen LogP contribution in [0, 0.1) is 0 Å². The van der Waals surface area contributed by atoms with Crippen LogP contribution in [0.5, 0.6) is 0 Å². The summed E-state index contributed by atoms with van der Waals surface area (Å²) in [5.41, 5.74) is -1.06. The van der Waals surface area contributed by atoms with Crippen LogP contribution in [-0.2, 0) is 27.0 Å². The number of anilines is 1. The van der Waals surface area contributed by atoms with Gasteiger partial charge < -0.3 is 0 Å². The van der Waals surface area contributed by atoms with Gasteiger partial charge in [-0.2, -0.15) is 13.2 Å². The van der Waals surface area contributed by atoms with Crippen LogP contribution >= 0.6 is 11.6 Å². The number of rotatable bonds is 4. The smallest absolute Gasteiger partial charge is 0.280 e. The number of hydrogen-bond donors (Lipinski definition) is 1. The van der Waals surface area contributed by atoms with Crippen molar-refractivity contribution in [1.29, 1.82) is 0 Å². The first-order valence-corrected chi connectivity index (χ1v) is 9.76. The van der Waals surface area contributed by atoms with Crippen LogP contribution in [0.1, 0.15) is 5.56 Å². The Kier molecular flexibility index (Phi) is 5.26. The van der Waals surface area contributed by atoms with Gasteiger partial charge in [-0.3, -0.25) is 8.93 Å². The Morgan fingerprint density at radius 2 is 1.79 bits per heavy atom. The van der Waals surface area contributed by atoms with Crippen LogP contribution in [0.15, 0.2) is 52.3 Å². The third-order valence-electron chi connectivity index (χ3n) is 2.97. The summed E-state index contributed by atoms with van der Waals surface area (Å²) in [7, 11) is -5.69. The fourth-order valence-electron chi connectivity index (χ4n) is 1.83. The Labute approximate surface area is 144 Å². The van der Waals surface area contributed by atoms with Gasteiger partial charge in [0, 0.05) is 22.0 Å². The SMILES string of the molecule is CS(=O)c1cccc(NS(=O)(=O)c2cc(C(F)(F)F)ccc2Cl)c1. The van der Waals surface area contributed by atoms with Crippen LogP contribution in [0.3, 0.4) is 0 Å². The fraction of sp³-hybridized carbons (Fsp3) is 0.143. The molecule has 2 aromatic rings. The van der Waals surface area contributed by atoms with Crippen LogP contribution in [-0.4, -0.2) is 18.9 Å². The van der Waals surface area contributed by atoms with Gasteiger partial charge in [-0.05, 0) is 36.4 Å². The summed E-state index contributed by atoms with van der Waals surface area (Å²) in [4.78, 5) is -0.327. The van der Waals surface area contributed by atoms with E-state index in [1.165, 1.54) is 30.5 Å². The molecule has 0 aliphatic carbocycles. The first-order chi connectivity index (χ1) is 11.0. The lowest BCUT2D eigenvalue weighted by Gasteiger charge is -2.13. The number of sulfonamides is 1. The molecule has 130 valence electrons. The second-order valence-corrected chi connectivity index (χ2v) is 8.17. The van der Waals surface area contributed by atoms with E-state index in [0.717, 1.165) is 6.07 Å². The molecule has 0 aliphatic rings. The molecule has 0 saturated carbocycles. The molecule has 0 bridgehead atoms. The lowest BCUT2D eigenvalue weighted by molar-refractivity contribution is -0.137.